The fourth-order valence-electron chi connectivity index (χ4n) is 3.24. The predicted octanol–water partition coefficient (Wildman–Crippen LogP) is 2.97. The van der Waals surface area contributed by atoms with Crippen LogP contribution in [0.15, 0.2) is 36.4 Å². The van der Waals surface area contributed by atoms with E-state index in [1.165, 1.54) is 7.11 Å². The maximum Gasteiger partial charge on any atom is 0.337 e. The summed E-state index contributed by atoms with van der Waals surface area (Å²) in [5, 5.41) is 10.3. The topological polar surface area (TPSA) is 66.8 Å². The molecule has 1 saturated heterocycles. The van der Waals surface area contributed by atoms with Gasteiger partial charge in [0.1, 0.15) is 0 Å². The normalized spacial score (nSPS) is 18.6. The second-order valence-corrected chi connectivity index (χ2v) is 7.12. The first kappa shape index (κ1) is 21.7. The fraction of sp³-hybridized carbons (Fsp3) is 0.478. The molecular weight excluding hydrogens is 354 g/mol. The molecule has 1 aromatic rings. The molecule has 0 aliphatic carbocycles. The zero-order chi connectivity index (χ0) is 20.5. The minimum atomic E-state index is -0.565. The summed E-state index contributed by atoms with van der Waals surface area (Å²) in [7, 11) is 1.36. The highest BCUT2D eigenvalue weighted by molar-refractivity contribution is 5.89. The van der Waals surface area contributed by atoms with Gasteiger partial charge >= 0.3 is 5.97 Å². The summed E-state index contributed by atoms with van der Waals surface area (Å²) in [6, 6.07) is 7.26. The summed E-state index contributed by atoms with van der Waals surface area (Å²) >= 11 is 0. The van der Waals surface area contributed by atoms with Crippen LogP contribution in [0.3, 0.4) is 0 Å². The number of carbonyl (C=O) groups is 2. The molecular formula is C23H29NO4. The Hall–Kier alpha value is -2.58. The van der Waals surface area contributed by atoms with Crippen molar-refractivity contribution in [3.8, 4) is 11.8 Å². The molecule has 5 heteroatoms. The molecule has 150 valence electrons. The number of ether oxygens (including phenoxy) is 1. The zero-order valence-electron chi connectivity index (χ0n) is 16.9. The van der Waals surface area contributed by atoms with Crippen LogP contribution in [0.25, 0.3) is 0 Å². The first-order valence-corrected chi connectivity index (χ1v) is 9.69. The molecule has 2 rings (SSSR count). The largest absolute Gasteiger partial charge is 0.465 e. The maximum absolute atomic E-state index is 12.3. The van der Waals surface area contributed by atoms with Crippen LogP contribution < -0.4 is 0 Å². The molecule has 3 atom stereocenters. The smallest absolute Gasteiger partial charge is 0.337 e. The van der Waals surface area contributed by atoms with Crippen LogP contribution in [0.5, 0.6) is 0 Å². The molecule has 0 spiro atoms. The third-order valence-corrected chi connectivity index (χ3v) is 5.11. The highest BCUT2D eigenvalue weighted by Gasteiger charge is 2.28. The van der Waals surface area contributed by atoms with Crippen molar-refractivity contribution in [1.82, 2.24) is 4.90 Å². The molecule has 0 saturated carbocycles. The highest BCUT2D eigenvalue weighted by Crippen LogP contribution is 2.21. The molecule has 1 aliphatic rings. The molecule has 1 fully saturated rings. The number of methoxy groups -OCH3 is 1. The van der Waals surface area contributed by atoms with Gasteiger partial charge in [0.25, 0.3) is 0 Å². The van der Waals surface area contributed by atoms with Crippen molar-refractivity contribution in [3.05, 3.63) is 47.5 Å². The number of esters is 1. The van der Waals surface area contributed by atoms with Crippen molar-refractivity contribution in [3.63, 3.8) is 0 Å². The van der Waals surface area contributed by atoms with E-state index < -0.39 is 6.10 Å². The Morgan fingerprint density at radius 2 is 2.11 bits per heavy atom. The van der Waals surface area contributed by atoms with Crippen LogP contribution in [-0.2, 0) is 16.0 Å². The molecule has 0 bridgehead atoms. The number of benzene rings is 1. The van der Waals surface area contributed by atoms with Crippen LogP contribution in [0.4, 0.5) is 0 Å². The van der Waals surface area contributed by atoms with E-state index in [0.29, 0.717) is 31.4 Å². The molecule has 0 aromatic heterocycles. The van der Waals surface area contributed by atoms with Crippen molar-refractivity contribution in [1.29, 1.82) is 0 Å². The SMILES string of the molecule is CC#CC[C@H](C)[C@H](O)C=C[C@H]1CCC(=O)N1CCc1ccc(C(=O)OC)cc1. The Morgan fingerprint density at radius 1 is 1.39 bits per heavy atom. The molecule has 5 nitrogen and oxygen atoms in total. The zero-order valence-corrected chi connectivity index (χ0v) is 16.9. The van der Waals surface area contributed by atoms with Gasteiger partial charge in [-0.1, -0.05) is 31.2 Å². The quantitative estimate of drug-likeness (QED) is 0.426. The minimum Gasteiger partial charge on any atom is -0.465 e. The first-order chi connectivity index (χ1) is 13.5. The molecule has 1 aromatic carbocycles. The van der Waals surface area contributed by atoms with Crippen LogP contribution >= 0.6 is 0 Å². The number of hydrogen-bond donors (Lipinski definition) is 1. The second kappa shape index (κ2) is 10.7. The summed E-state index contributed by atoms with van der Waals surface area (Å²) in [6.07, 6.45) is 5.84. The van der Waals surface area contributed by atoms with E-state index >= 15 is 0 Å². The summed E-state index contributed by atoms with van der Waals surface area (Å²) in [5.41, 5.74) is 1.57. The molecule has 0 unspecified atom stereocenters. The van der Waals surface area contributed by atoms with Crippen LogP contribution in [0.1, 0.15) is 49.0 Å². The Bertz CT molecular complexity index is 757. The number of amides is 1. The van der Waals surface area contributed by atoms with Crippen molar-refractivity contribution in [2.24, 2.45) is 5.92 Å². The Kier molecular flexibility index (Phi) is 8.28. The Labute approximate surface area is 167 Å². The second-order valence-electron chi connectivity index (χ2n) is 7.12. The summed E-state index contributed by atoms with van der Waals surface area (Å²) in [5.74, 6) is 5.67. The van der Waals surface area contributed by atoms with Crippen molar-refractivity contribution in [2.45, 2.75) is 51.7 Å². The van der Waals surface area contributed by atoms with E-state index in [1.807, 2.05) is 30.0 Å². The molecule has 1 N–H and O–H groups in total. The van der Waals surface area contributed by atoms with Crippen LogP contribution in [-0.4, -0.2) is 47.7 Å². The third kappa shape index (κ3) is 5.97. The summed E-state index contributed by atoms with van der Waals surface area (Å²) < 4.78 is 4.70. The first-order valence-electron chi connectivity index (χ1n) is 9.69. The Morgan fingerprint density at radius 3 is 2.75 bits per heavy atom. The molecule has 1 aliphatic heterocycles. The number of rotatable bonds is 8. The lowest BCUT2D eigenvalue weighted by molar-refractivity contribution is -0.128. The van der Waals surface area contributed by atoms with Gasteiger partial charge in [-0.05, 0) is 43.4 Å². The van der Waals surface area contributed by atoms with E-state index in [2.05, 4.69) is 11.8 Å². The van der Waals surface area contributed by atoms with Gasteiger partial charge < -0.3 is 14.7 Å². The average molecular weight is 383 g/mol. The van der Waals surface area contributed by atoms with E-state index in [-0.39, 0.29) is 23.8 Å². The van der Waals surface area contributed by atoms with E-state index in [4.69, 9.17) is 4.74 Å². The van der Waals surface area contributed by atoms with Gasteiger partial charge in [-0.3, -0.25) is 4.79 Å². The van der Waals surface area contributed by atoms with Gasteiger partial charge in [-0.15, -0.1) is 11.8 Å². The monoisotopic (exact) mass is 383 g/mol. The third-order valence-electron chi connectivity index (χ3n) is 5.11. The van der Waals surface area contributed by atoms with E-state index in [1.54, 1.807) is 25.1 Å². The lowest BCUT2D eigenvalue weighted by atomic mass is 10.00. The molecule has 28 heavy (non-hydrogen) atoms. The lowest BCUT2D eigenvalue weighted by Crippen LogP contribution is -2.34. The van der Waals surface area contributed by atoms with Gasteiger partial charge in [-0.2, -0.15) is 0 Å². The van der Waals surface area contributed by atoms with Gasteiger partial charge in [0.05, 0.1) is 24.8 Å². The Balaban J connectivity index is 1.93. The number of likely N-dealkylation sites (tertiary alicyclic amines) is 1. The van der Waals surface area contributed by atoms with Gasteiger partial charge in [0.15, 0.2) is 0 Å². The van der Waals surface area contributed by atoms with Gasteiger partial charge in [0, 0.05) is 19.4 Å². The van der Waals surface area contributed by atoms with E-state index in [0.717, 1.165) is 12.0 Å². The molecule has 1 heterocycles. The van der Waals surface area contributed by atoms with Crippen molar-refractivity contribution in [2.75, 3.05) is 13.7 Å². The summed E-state index contributed by atoms with van der Waals surface area (Å²) in [6.45, 7) is 4.37. The number of aliphatic hydroxyl groups excluding tert-OH is 1. The standard InChI is InChI=1S/C23H29NO4/c1-4-5-6-17(2)21(25)13-11-20-12-14-22(26)24(20)16-15-18-7-9-19(10-8-18)23(27)28-3/h7-11,13,17,20-21,25H,6,12,14-16H2,1-3H3/t17-,20-,21+/m0/s1. The maximum atomic E-state index is 12.3. The number of aliphatic hydroxyl groups is 1. The van der Waals surface area contributed by atoms with Crippen LogP contribution in [0.2, 0.25) is 0 Å². The van der Waals surface area contributed by atoms with E-state index in [9.17, 15) is 14.7 Å². The van der Waals surface area contributed by atoms with Gasteiger partial charge in [-0.25, -0.2) is 4.79 Å². The lowest BCUT2D eigenvalue weighted by Gasteiger charge is -2.23. The number of hydrogen-bond acceptors (Lipinski definition) is 4. The van der Waals surface area contributed by atoms with Crippen molar-refractivity contribution >= 4 is 11.9 Å². The highest BCUT2D eigenvalue weighted by atomic mass is 16.5. The fourth-order valence-corrected chi connectivity index (χ4v) is 3.24. The van der Waals surface area contributed by atoms with Gasteiger partial charge in [0.2, 0.25) is 5.91 Å². The minimum absolute atomic E-state index is 0.0148. The molecule has 0 radical (unpaired) electrons. The average Bonchev–Trinajstić information content (AvgIpc) is 3.07. The predicted molar refractivity (Wildman–Crippen MR) is 109 cm³/mol. The van der Waals surface area contributed by atoms with Crippen molar-refractivity contribution < 1.29 is 19.4 Å². The number of carbonyl (C=O) groups excluding carboxylic acids is 2. The van der Waals surface area contributed by atoms with Crippen LogP contribution in [0, 0.1) is 17.8 Å². The number of nitrogens with zero attached hydrogens (tertiary/aromatic N) is 1. The molecule has 1 amide bonds. The summed E-state index contributed by atoms with van der Waals surface area (Å²) in [4.78, 5) is 25.6.